The molecule has 4 nitrogen and oxygen atoms in total. The van der Waals surface area contributed by atoms with Crippen LogP contribution in [0.25, 0.3) is 0 Å². The number of rotatable bonds is 4. The minimum absolute atomic E-state index is 0.150. The van der Waals surface area contributed by atoms with E-state index in [-0.39, 0.29) is 11.4 Å². The van der Waals surface area contributed by atoms with Crippen LogP contribution in [-0.2, 0) is 10.4 Å². The molecule has 2 N–H and O–H groups in total. The molecule has 0 saturated heterocycles. The minimum atomic E-state index is -5.15. The molecular weight excluding hydrogens is 318 g/mol. The molecular formula is C15H13F4NO3. The highest BCUT2D eigenvalue weighted by molar-refractivity contribution is 5.91. The van der Waals surface area contributed by atoms with Crippen molar-refractivity contribution >= 4 is 11.6 Å². The van der Waals surface area contributed by atoms with E-state index in [9.17, 15) is 27.5 Å². The number of anilines is 1. The molecule has 8 heteroatoms. The Kier molecular flexibility index (Phi) is 4.46. The topological polar surface area (TPSA) is 62.5 Å². The fraction of sp³-hybridized carbons (Fsp3) is 0.267. The summed E-state index contributed by atoms with van der Waals surface area (Å²) >= 11 is 0. The SMILES string of the molecule is Cc1ccc(C(O)(CC(=O)Nc2ccccc2F)C(F)(F)F)o1. The summed E-state index contributed by atoms with van der Waals surface area (Å²) in [7, 11) is 0. The van der Waals surface area contributed by atoms with Crippen molar-refractivity contribution in [2.45, 2.75) is 25.1 Å². The number of alkyl halides is 3. The van der Waals surface area contributed by atoms with Gasteiger partial charge in [0, 0.05) is 0 Å². The Labute approximate surface area is 128 Å². The molecule has 0 fully saturated rings. The van der Waals surface area contributed by atoms with Gasteiger partial charge in [-0.25, -0.2) is 4.39 Å². The molecule has 0 aliphatic heterocycles. The zero-order chi connectivity index (χ0) is 17.3. The van der Waals surface area contributed by atoms with Gasteiger partial charge in [0.25, 0.3) is 0 Å². The molecule has 1 unspecified atom stereocenters. The van der Waals surface area contributed by atoms with Gasteiger partial charge in [-0.05, 0) is 31.2 Å². The summed E-state index contributed by atoms with van der Waals surface area (Å²) in [4.78, 5) is 11.8. The Hall–Kier alpha value is -2.35. The van der Waals surface area contributed by atoms with E-state index in [4.69, 9.17) is 4.42 Å². The highest BCUT2D eigenvalue weighted by Crippen LogP contribution is 2.42. The number of aryl methyl sites for hydroxylation is 1. The third-order valence-electron chi connectivity index (χ3n) is 3.18. The summed E-state index contributed by atoms with van der Waals surface area (Å²) in [5, 5.41) is 12.0. The Balaban J connectivity index is 2.25. The lowest BCUT2D eigenvalue weighted by Gasteiger charge is -2.28. The monoisotopic (exact) mass is 331 g/mol. The molecule has 124 valence electrons. The number of para-hydroxylation sites is 1. The fourth-order valence-corrected chi connectivity index (χ4v) is 1.97. The Morgan fingerprint density at radius 1 is 1.22 bits per heavy atom. The fourth-order valence-electron chi connectivity index (χ4n) is 1.97. The minimum Gasteiger partial charge on any atom is -0.463 e. The van der Waals surface area contributed by atoms with Crippen LogP contribution in [0.2, 0.25) is 0 Å². The smallest absolute Gasteiger partial charge is 0.425 e. The van der Waals surface area contributed by atoms with Crippen LogP contribution in [0.4, 0.5) is 23.2 Å². The van der Waals surface area contributed by atoms with Gasteiger partial charge in [-0.3, -0.25) is 4.79 Å². The average molecular weight is 331 g/mol. The lowest BCUT2D eigenvalue weighted by Crippen LogP contribution is -2.44. The van der Waals surface area contributed by atoms with Crippen LogP contribution in [0.5, 0.6) is 0 Å². The van der Waals surface area contributed by atoms with Crippen LogP contribution >= 0.6 is 0 Å². The van der Waals surface area contributed by atoms with E-state index in [1.54, 1.807) is 0 Å². The first-order chi connectivity index (χ1) is 10.6. The van der Waals surface area contributed by atoms with Crippen molar-refractivity contribution in [3.05, 3.63) is 53.7 Å². The molecule has 1 amide bonds. The lowest BCUT2D eigenvalue weighted by molar-refractivity contribution is -0.272. The predicted octanol–water partition coefficient (Wildman–Crippen LogP) is 3.51. The molecule has 2 aromatic rings. The van der Waals surface area contributed by atoms with Gasteiger partial charge < -0.3 is 14.8 Å². The van der Waals surface area contributed by atoms with Crippen LogP contribution in [0.15, 0.2) is 40.8 Å². The highest BCUT2D eigenvalue weighted by Gasteiger charge is 2.58. The van der Waals surface area contributed by atoms with E-state index in [2.05, 4.69) is 0 Å². The number of carbonyl (C=O) groups is 1. The van der Waals surface area contributed by atoms with Gasteiger partial charge in [-0.2, -0.15) is 13.2 Å². The third kappa shape index (κ3) is 3.53. The Morgan fingerprint density at radius 3 is 2.39 bits per heavy atom. The molecule has 23 heavy (non-hydrogen) atoms. The molecule has 2 rings (SSSR count). The first kappa shape index (κ1) is 17.0. The molecule has 0 saturated carbocycles. The summed E-state index contributed by atoms with van der Waals surface area (Å²) in [6.07, 6.45) is -6.51. The maximum Gasteiger partial charge on any atom is 0.425 e. The number of nitrogens with one attached hydrogen (secondary N) is 1. The van der Waals surface area contributed by atoms with Crippen molar-refractivity contribution in [1.82, 2.24) is 0 Å². The second-order valence-corrected chi connectivity index (χ2v) is 4.97. The van der Waals surface area contributed by atoms with Gasteiger partial charge in [0.05, 0.1) is 12.1 Å². The lowest BCUT2D eigenvalue weighted by atomic mass is 9.95. The van der Waals surface area contributed by atoms with Gasteiger partial charge in [-0.15, -0.1) is 0 Å². The van der Waals surface area contributed by atoms with E-state index in [1.807, 2.05) is 5.32 Å². The second kappa shape index (κ2) is 6.04. The zero-order valence-corrected chi connectivity index (χ0v) is 11.9. The molecule has 1 heterocycles. The largest absolute Gasteiger partial charge is 0.463 e. The second-order valence-electron chi connectivity index (χ2n) is 4.97. The van der Waals surface area contributed by atoms with Crippen LogP contribution in [0, 0.1) is 12.7 Å². The summed E-state index contributed by atoms with van der Waals surface area (Å²) in [6.45, 7) is 1.40. The van der Waals surface area contributed by atoms with Crippen LogP contribution in [0.1, 0.15) is 17.9 Å². The molecule has 0 aliphatic carbocycles. The summed E-state index contributed by atoms with van der Waals surface area (Å²) < 4.78 is 57.9. The van der Waals surface area contributed by atoms with Crippen molar-refractivity contribution in [3.63, 3.8) is 0 Å². The van der Waals surface area contributed by atoms with E-state index >= 15 is 0 Å². The molecule has 0 radical (unpaired) electrons. The molecule has 0 aliphatic rings. The van der Waals surface area contributed by atoms with Crippen LogP contribution in [-0.4, -0.2) is 17.2 Å². The first-order valence-electron chi connectivity index (χ1n) is 6.54. The maximum absolute atomic E-state index is 13.4. The van der Waals surface area contributed by atoms with Crippen LogP contribution < -0.4 is 5.32 Å². The average Bonchev–Trinajstić information content (AvgIpc) is 2.87. The van der Waals surface area contributed by atoms with Crippen molar-refractivity contribution < 1.29 is 31.9 Å². The van der Waals surface area contributed by atoms with Gasteiger partial charge >= 0.3 is 6.18 Å². The standard InChI is InChI=1S/C15H13F4NO3/c1-9-6-7-12(23-9)14(22,15(17,18)19)8-13(21)20-11-5-3-2-4-10(11)16/h2-7,22H,8H2,1H3,(H,20,21). The number of hydrogen-bond acceptors (Lipinski definition) is 3. The first-order valence-corrected chi connectivity index (χ1v) is 6.54. The van der Waals surface area contributed by atoms with Crippen molar-refractivity contribution in [2.75, 3.05) is 5.32 Å². The third-order valence-corrected chi connectivity index (χ3v) is 3.18. The van der Waals surface area contributed by atoms with E-state index < -0.39 is 35.7 Å². The number of halogens is 4. The quantitative estimate of drug-likeness (QED) is 0.843. The summed E-state index contributed by atoms with van der Waals surface area (Å²) in [5.74, 6) is -2.66. The number of hydrogen-bond donors (Lipinski definition) is 2. The highest BCUT2D eigenvalue weighted by atomic mass is 19.4. The van der Waals surface area contributed by atoms with E-state index in [0.29, 0.717) is 0 Å². The summed E-state index contributed by atoms with van der Waals surface area (Å²) in [5.41, 5.74) is -3.78. The number of amides is 1. The van der Waals surface area contributed by atoms with Crippen molar-refractivity contribution in [2.24, 2.45) is 0 Å². The normalized spacial score (nSPS) is 14.3. The number of furan rings is 1. The zero-order valence-electron chi connectivity index (χ0n) is 11.9. The van der Waals surface area contributed by atoms with Gasteiger partial charge in [-0.1, -0.05) is 12.1 Å². The number of benzene rings is 1. The molecule has 1 aromatic carbocycles. The molecule has 0 spiro atoms. The van der Waals surface area contributed by atoms with Gasteiger partial charge in [0.1, 0.15) is 17.3 Å². The van der Waals surface area contributed by atoms with Crippen LogP contribution in [0.3, 0.4) is 0 Å². The molecule has 1 atom stereocenters. The molecule has 0 bridgehead atoms. The Morgan fingerprint density at radius 2 is 1.87 bits per heavy atom. The van der Waals surface area contributed by atoms with Crippen molar-refractivity contribution in [3.8, 4) is 0 Å². The van der Waals surface area contributed by atoms with Gasteiger partial charge in [0.2, 0.25) is 11.5 Å². The maximum atomic E-state index is 13.4. The van der Waals surface area contributed by atoms with Gasteiger partial charge in [0.15, 0.2) is 0 Å². The van der Waals surface area contributed by atoms with E-state index in [1.165, 1.54) is 31.2 Å². The summed E-state index contributed by atoms with van der Waals surface area (Å²) in [6, 6.07) is 7.19. The number of carbonyl (C=O) groups excluding carboxylic acids is 1. The number of aliphatic hydroxyl groups is 1. The van der Waals surface area contributed by atoms with E-state index in [0.717, 1.165) is 12.1 Å². The Bertz CT molecular complexity index is 711. The van der Waals surface area contributed by atoms with Crippen molar-refractivity contribution in [1.29, 1.82) is 0 Å². The molecule has 1 aromatic heterocycles. The predicted molar refractivity (Wildman–Crippen MR) is 73.0 cm³/mol.